The first-order chi connectivity index (χ1) is 14.5. The molecular formula is C22H29FN4OS2. The van der Waals surface area contributed by atoms with Gasteiger partial charge >= 0.3 is 0 Å². The number of halogens is 1. The molecule has 1 spiro atoms. The smallest absolute Gasteiger partial charge is 0.229 e. The number of rotatable bonds is 5. The first kappa shape index (κ1) is 20.5. The second-order valence-electron chi connectivity index (χ2n) is 8.89. The number of aromatic nitrogens is 1. The summed E-state index contributed by atoms with van der Waals surface area (Å²) in [6.07, 6.45) is 6.05. The van der Waals surface area contributed by atoms with Crippen LogP contribution in [-0.2, 0) is 6.54 Å². The highest BCUT2D eigenvalue weighted by atomic mass is 32.2. The Labute approximate surface area is 186 Å². The molecule has 30 heavy (non-hydrogen) atoms. The number of anilines is 1. The Kier molecular flexibility index (Phi) is 5.68. The van der Waals surface area contributed by atoms with E-state index in [0.717, 1.165) is 56.9 Å². The van der Waals surface area contributed by atoms with E-state index in [4.69, 9.17) is 4.74 Å². The quantitative estimate of drug-likeness (QED) is 0.602. The van der Waals surface area contributed by atoms with Gasteiger partial charge < -0.3 is 4.74 Å². The summed E-state index contributed by atoms with van der Waals surface area (Å²) in [4.78, 5) is 8.28. The fourth-order valence-electron chi connectivity index (χ4n) is 4.87. The van der Waals surface area contributed by atoms with E-state index in [9.17, 15) is 4.39 Å². The zero-order valence-corrected chi connectivity index (χ0v) is 19.2. The Hall–Kier alpha value is -1.35. The van der Waals surface area contributed by atoms with Gasteiger partial charge in [0.2, 0.25) is 5.88 Å². The third-order valence-corrected chi connectivity index (χ3v) is 8.62. The normalized spacial score (nSPS) is 28.2. The van der Waals surface area contributed by atoms with Crippen molar-refractivity contribution in [1.29, 1.82) is 0 Å². The second kappa shape index (κ2) is 8.30. The predicted molar refractivity (Wildman–Crippen MR) is 121 cm³/mol. The number of ether oxygens (including phenoxy) is 1. The summed E-state index contributed by atoms with van der Waals surface area (Å²) in [5, 5.41) is 0. The molecule has 1 aromatic carbocycles. The zero-order valence-electron chi connectivity index (χ0n) is 17.6. The first-order valence-corrected chi connectivity index (χ1v) is 12.4. The monoisotopic (exact) mass is 448 g/mol. The van der Waals surface area contributed by atoms with Crippen LogP contribution in [0.15, 0.2) is 29.8 Å². The molecule has 0 amide bonds. The van der Waals surface area contributed by atoms with Gasteiger partial charge in [-0.3, -0.25) is 9.21 Å². The maximum absolute atomic E-state index is 13.9. The molecule has 5 nitrogen and oxygen atoms in total. The Balaban J connectivity index is 1.29. The SMILES string of the molecule is C[C@H]1C[C@]2(CCN1Cc1scnc1OC1CCC1)CN(C)SN2c1cccc(F)c1. The predicted octanol–water partition coefficient (Wildman–Crippen LogP) is 4.95. The molecular weight excluding hydrogens is 419 g/mol. The van der Waals surface area contributed by atoms with Crippen molar-refractivity contribution in [3.05, 3.63) is 40.5 Å². The lowest BCUT2D eigenvalue weighted by Gasteiger charge is -2.47. The Morgan fingerprint density at radius 1 is 1.33 bits per heavy atom. The highest BCUT2D eigenvalue weighted by molar-refractivity contribution is 7.98. The molecule has 1 saturated carbocycles. The zero-order chi connectivity index (χ0) is 20.7. The van der Waals surface area contributed by atoms with Crippen LogP contribution in [-0.4, -0.2) is 52.0 Å². The first-order valence-electron chi connectivity index (χ1n) is 10.8. The van der Waals surface area contributed by atoms with Crippen LogP contribution >= 0.6 is 23.5 Å². The van der Waals surface area contributed by atoms with Gasteiger partial charge in [0, 0.05) is 37.8 Å². The topological polar surface area (TPSA) is 31.8 Å². The number of benzene rings is 1. The minimum Gasteiger partial charge on any atom is -0.474 e. The summed E-state index contributed by atoms with van der Waals surface area (Å²) in [5.41, 5.74) is 2.90. The highest BCUT2D eigenvalue weighted by Gasteiger charge is 2.49. The van der Waals surface area contributed by atoms with Crippen LogP contribution in [0.3, 0.4) is 0 Å². The van der Waals surface area contributed by atoms with Gasteiger partial charge in [-0.25, -0.2) is 13.7 Å². The van der Waals surface area contributed by atoms with Crippen molar-refractivity contribution in [2.75, 3.05) is 24.4 Å². The van der Waals surface area contributed by atoms with Crippen LogP contribution in [0, 0.1) is 5.82 Å². The van der Waals surface area contributed by atoms with Gasteiger partial charge in [0.05, 0.1) is 21.6 Å². The Bertz CT molecular complexity index is 892. The van der Waals surface area contributed by atoms with E-state index in [-0.39, 0.29) is 11.4 Å². The van der Waals surface area contributed by atoms with Crippen molar-refractivity contribution in [2.45, 2.75) is 63.3 Å². The third-order valence-electron chi connectivity index (χ3n) is 6.66. The van der Waals surface area contributed by atoms with Gasteiger partial charge in [-0.1, -0.05) is 6.07 Å². The van der Waals surface area contributed by atoms with E-state index in [2.05, 4.69) is 32.5 Å². The standard InChI is InChI=1S/C22H29FN4OS2/c1-16-12-22(14-25(2)30-27(22)18-6-3-5-17(23)11-18)9-10-26(16)13-20-21(24-15-29-20)28-19-7-4-8-19/h3,5-6,11,15-16,19H,4,7-10,12-14H2,1-2H3/t16-,22+/m0/s1. The van der Waals surface area contributed by atoms with Crippen LogP contribution < -0.4 is 9.04 Å². The van der Waals surface area contributed by atoms with E-state index in [1.54, 1.807) is 29.5 Å². The maximum Gasteiger partial charge on any atom is 0.229 e. The molecule has 2 aliphatic heterocycles. The van der Waals surface area contributed by atoms with E-state index in [1.807, 2.05) is 17.6 Å². The van der Waals surface area contributed by atoms with Crippen molar-refractivity contribution >= 4 is 29.2 Å². The molecule has 0 bridgehead atoms. The molecule has 0 unspecified atom stereocenters. The molecule has 2 atom stereocenters. The van der Waals surface area contributed by atoms with Gasteiger partial charge in [-0.2, -0.15) is 0 Å². The minimum absolute atomic E-state index is 0.0298. The summed E-state index contributed by atoms with van der Waals surface area (Å²) in [6.45, 7) is 5.22. The average molecular weight is 449 g/mol. The maximum atomic E-state index is 13.9. The van der Waals surface area contributed by atoms with E-state index in [1.165, 1.54) is 17.4 Å². The van der Waals surface area contributed by atoms with Crippen LogP contribution in [0.5, 0.6) is 5.88 Å². The van der Waals surface area contributed by atoms with E-state index >= 15 is 0 Å². The fourth-order valence-corrected chi connectivity index (χ4v) is 6.76. The minimum atomic E-state index is -0.174. The highest BCUT2D eigenvalue weighted by Crippen LogP contribution is 2.47. The molecule has 5 rings (SSSR count). The summed E-state index contributed by atoms with van der Waals surface area (Å²) in [7, 11) is 2.13. The van der Waals surface area contributed by atoms with Crippen molar-refractivity contribution in [2.24, 2.45) is 0 Å². The molecule has 1 aromatic heterocycles. The molecule has 3 fully saturated rings. The number of thiazole rings is 1. The largest absolute Gasteiger partial charge is 0.474 e. The molecule has 0 N–H and O–H groups in total. The Morgan fingerprint density at radius 3 is 2.93 bits per heavy atom. The second-order valence-corrected chi connectivity index (χ2v) is 11.0. The lowest BCUT2D eigenvalue weighted by molar-refractivity contribution is 0.0932. The summed E-state index contributed by atoms with van der Waals surface area (Å²) >= 11 is 3.42. The number of likely N-dealkylation sites (tertiary alicyclic amines) is 1. The molecule has 3 heterocycles. The van der Waals surface area contributed by atoms with Crippen LogP contribution in [0.2, 0.25) is 0 Å². The van der Waals surface area contributed by atoms with Gasteiger partial charge in [0.25, 0.3) is 0 Å². The molecule has 3 aliphatic rings. The summed E-state index contributed by atoms with van der Waals surface area (Å²) in [6, 6.07) is 7.44. The number of hydrogen-bond acceptors (Lipinski definition) is 7. The number of likely N-dealkylation sites (N-methyl/N-ethyl adjacent to an activating group) is 1. The molecule has 0 radical (unpaired) electrons. The number of nitrogens with zero attached hydrogens (tertiary/aromatic N) is 4. The van der Waals surface area contributed by atoms with Gasteiger partial charge in [0.15, 0.2) is 0 Å². The molecule has 8 heteroatoms. The Morgan fingerprint density at radius 2 is 2.20 bits per heavy atom. The van der Waals surface area contributed by atoms with Crippen LogP contribution in [0.4, 0.5) is 10.1 Å². The average Bonchev–Trinajstić information content (AvgIpc) is 3.24. The lowest BCUT2D eigenvalue weighted by atomic mass is 9.83. The van der Waals surface area contributed by atoms with Gasteiger partial charge in [-0.05, 0) is 64.3 Å². The van der Waals surface area contributed by atoms with Crippen LogP contribution in [0.25, 0.3) is 0 Å². The molecule has 162 valence electrons. The third kappa shape index (κ3) is 3.95. The van der Waals surface area contributed by atoms with E-state index in [0.29, 0.717) is 12.1 Å². The summed E-state index contributed by atoms with van der Waals surface area (Å²) < 4.78 is 24.6. The molecule has 2 saturated heterocycles. The van der Waals surface area contributed by atoms with E-state index < -0.39 is 0 Å². The lowest BCUT2D eigenvalue weighted by Crippen LogP contribution is -2.56. The van der Waals surface area contributed by atoms with Gasteiger partial charge in [-0.15, -0.1) is 11.3 Å². The van der Waals surface area contributed by atoms with Crippen molar-refractivity contribution in [1.82, 2.24) is 14.2 Å². The summed E-state index contributed by atoms with van der Waals surface area (Å²) in [5.74, 6) is 0.669. The van der Waals surface area contributed by atoms with Crippen molar-refractivity contribution in [3.63, 3.8) is 0 Å². The molecule has 1 aliphatic carbocycles. The molecule has 2 aromatic rings. The number of hydrogen-bond donors (Lipinski definition) is 0. The van der Waals surface area contributed by atoms with Crippen LogP contribution in [0.1, 0.15) is 43.9 Å². The van der Waals surface area contributed by atoms with Crippen molar-refractivity contribution in [3.8, 4) is 5.88 Å². The number of piperidine rings is 1. The fraction of sp³-hybridized carbons (Fsp3) is 0.591. The van der Waals surface area contributed by atoms with Gasteiger partial charge in [0.1, 0.15) is 11.9 Å². The van der Waals surface area contributed by atoms with Crippen molar-refractivity contribution < 1.29 is 9.13 Å².